The molecule has 1 heterocycles. The topological polar surface area (TPSA) is 55.8 Å². The molecule has 0 saturated heterocycles. The van der Waals surface area contributed by atoms with Crippen molar-refractivity contribution in [1.82, 2.24) is 4.90 Å². The number of carbonyl (C=O) groups excluding carboxylic acids is 2. The lowest BCUT2D eigenvalue weighted by atomic mass is 9.71. The maximum Gasteiger partial charge on any atom is 0.180 e. The van der Waals surface area contributed by atoms with E-state index in [-0.39, 0.29) is 11.6 Å². The second kappa shape index (κ2) is 11.3. The predicted molar refractivity (Wildman–Crippen MR) is 155 cm³/mol. The van der Waals surface area contributed by atoms with Gasteiger partial charge in [0, 0.05) is 47.8 Å². The van der Waals surface area contributed by atoms with E-state index >= 15 is 0 Å². The molecule has 0 N–H and O–H groups in total. The molecule has 0 saturated carbocycles. The Morgan fingerprint density at radius 3 is 1.95 bits per heavy atom. The number of ketones is 2. The van der Waals surface area contributed by atoms with Crippen LogP contribution in [0.4, 0.5) is 0 Å². The highest BCUT2D eigenvalue weighted by Gasteiger charge is 2.43. The fraction of sp³-hybridized carbons (Fsp3) is 0.294. The molecule has 0 fully saturated rings. The van der Waals surface area contributed by atoms with Crippen molar-refractivity contribution in [3.8, 4) is 11.5 Å². The van der Waals surface area contributed by atoms with Gasteiger partial charge in [0.05, 0.1) is 12.1 Å². The SMILES string of the molecule is COc1cc(C2C3=C(CCCC3=O)N(Cc3ccccc3)C3=C2C(=O)CCC3)cc(Cl)c1OCc1ccccc1. The van der Waals surface area contributed by atoms with Crippen LogP contribution < -0.4 is 9.47 Å². The van der Waals surface area contributed by atoms with Gasteiger partial charge >= 0.3 is 0 Å². The third-order valence-corrected chi connectivity index (χ3v) is 8.36. The maximum absolute atomic E-state index is 13.6. The minimum atomic E-state index is -0.466. The van der Waals surface area contributed by atoms with Crippen LogP contribution in [0.25, 0.3) is 0 Å². The predicted octanol–water partition coefficient (Wildman–Crippen LogP) is 7.54. The van der Waals surface area contributed by atoms with Crippen molar-refractivity contribution in [3.63, 3.8) is 0 Å². The van der Waals surface area contributed by atoms with Crippen LogP contribution in [0.5, 0.6) is 11.5 Å². The number of methoxy groups -OCH3 is 1. The fourth-order valence-electron chi connectivity index (χ4n) is 6.28. The molecule has 6 rings (SSSR count). The summed E-state index contributed by atoms with van der Waals surface area (Å²) in [5.41, 5.74) is 6.50. The van der Waals surface area contributed by atoms with E-state index < -0.39 is 5.92 Å². The number of allylic oxidation sites excluding steroid dienone is 4. The number of carbonyl (C=O) groups is 2. The number of rotatable bonds is 7. The van der Waals surface area contributed by atoms with E-state index in [0.717, 1.165) is 64.9 Å². The highest BCUT2D eigenvalue weighted by Crippen LogP contribution is 2.51. The lowest BCUT2D eigenvalue weighted by molar-refractivity contribution is -0.117. The van der Waals surface area contributed by atoms with Gasteiger partial charge in [0.1, 0.15) is 6.61 Å². The lowest BCUT2D eigenvalue weighted by Gasteiger charge is -2.44. The summed E-state index contributed by atoms with van der Waals surface area (Å²) in [6.07, 6.45) is 4.19. The second-order valence-electron chi connectivity index (χ2n) is 10.6. The normalized spacial score (nSPS) is 17.6. The molecule has 0 atom stereocenters. The number of benzene rings is 3. The van der Waals surface area contributed by atoms with Crippen LogP contribution in [0.15, 0.2) is 95.3 Å². The van der Waals surface area contributed by atoms with Crippen LogP contribution >= 0.6 is 11.6 Å². The highest BCUT2D eigenvalue weighted by molar-refractivity contribution is 6.32. The number of Topliss-reactive ketones (excluding diaryl/α,β-unsaturated/α-hetero) is 2. The number of halogens is 1. The summed E-state index contributed by atoms with van der Waals surface area (Å²) in [7, 11) is 1.58. The van der Waals surface area contributed by atoms with E-state index in [2.05, 4.69) is 17.0 Å². The van der Waals surface area contributed by atoms with Gasteiger partial charge in [-0.15, -0.1) is 0 Å². The van der Waals surface area contributed by atoms with E-state index in [9.17, 15) is 9.59 Å². The van der Waals surface area contributed by atoms with Gasteiger partial charge in [-0.1, -0.05) is 72.3 Å². The van der Waals surface area contributed by atoms with E-state index in [1.54, 1.807) is 7.11 Å². The van der Waals surface area contributed by atoms with Crippen LogP contribution in [0.3, 0.4) is 0 Å². The Labute approximate surface area is 240 Å². The minimum Gasteiger partial charge on any atom is -0.493 e. The first-order valence-electron chi connectivity index (χ1n) is 13.9. The van der Waals surface area contributed by atoms with Crippen LogP contribution in [0, 0.1) is 0 Å². The molecular weight excluding hydrogens is 522 g/mol. The van der Waals surface area contributed by atoms with Crippen molar-refractivity contribution in [1.29, 1.82) is 0 Å². The summed E-state index contributed by atoms with van der Waals surface area (Å²) < 4.78 is 11.9. The maximum atomic E-state index is 13.6. The number of nitrogens with zero attached hydrogens (tertiary/aromatic N) is 1. The standard InChI is InChI=1S/C34H32ClNO4/c1-39-30-19-24(18-25(35)34(30)40-21-23-12-6-3-7-13-23)31-32-26(14-8-16-28(32)37)36(20-22-10-4-2-5-11-22)27-15-9-17-29(38)33(27)31/h2-7,10-13,18-19,31H,8-9,14-17,20-21H2,1H3. The summed E-state index contributed by atoms with van der Waals surface area (Å²) in [5.74, 6) is 0.683. The highest BCUT2D eigenvalue weighted by atomic mass is 35.5. The van der Waals surface area contributed by atoms with Crippen LogP contribution in [0.2, 0.25) is 5.02 Å². The lowest BCUT2D eigenvalue weighted by Crippen LogP contribution is -2.38. The average molecular weight is 554 g/mol. The van der Waals surface area contributed by atoms with Crippen LogP contribution in [0.1, 0.15) is 61.1 Å². The van der Waals surface area contributed by atoms with Gasteiger partial charge in [-0.25, -0.2) is 0 Å². The summed E-state index contributed by atoms with van der Waals surface area (Å²) in [4.78, 5) is 29.6. The third-order valence-electron chi connectivity index (χ3n) is 8.08. The largest absolute Gasteiger partial charge is 0.493 e. The summed E-state index contributed by atoms with van der Waals surface area (Å²) >= 11 is 6.84. The van der Waals surface area contributed by atoms with E-state index in [0.29, 0.717) is 42.5 Å². The number of hydrogen-bond acceptors (Lipinski definition) is 5. The van der Waals surface area contributed by atoms with Gasteiger partial charge in [0.15, 0.2) is 23.1 Å². The Bertz CT molecular complexity index is 1470. The van der Waals surface area contributed by atoms with Gasteiger partial charge in [-0.2, -0.15) is 0 Å². The van der Waals surface area contributed by atoms with Crippen molar-refractivity contribution in [2.45, 2.75) is 57.6 Å². The Morgan fingerprint density at radius 2 is 1.38 bits per heavy atom. The Morgan fingerprint density at radius 1 is 0.800 bits per heavy atom. The molecule has 5 nitrogen and oxygen atoms in total. The summed E-state index contributed by atoms with van der Waals surface area (Å²) in [5, 5.41) is 0.396. The van der Waals surface area contributed by atoms with Gasteiger partial charge < -0.3 is 14.4 Å². The van der Waals surface area contributed by atoms with Gasteiger partial charge in [-0.3, -0.25) is 9.59 Å². The molecule has 3 aromatic rings. The van der Waals surface area contributed by atoms with Crippen LogP contribution in [-0.4, -0.2) is 23.6 Å². The molecule has 0 aromatic heterocycles. The van der Waals surface area contributed by atoms with Crippen molar-refractivity contribution in [2.24, 2.45) is 0 Å². The molecule has 0 radical (unpaired) electrons. The Balaban J connectivity index is 1.45. The number of ether oxygens (including phenoxy) is 2. The van der Waals surface area contributed by atoms with E-state index in [4.69, 9.17) is 21.1 Å². The fourth-order valence-corrected chi connectivity index (χ4v) is 6.56. The van der Waals surface area contributed by atoms with Crippen molar-refractivity contribution < 1.29 is 19.1 Å². The molecule has 0 spiro atoms. The zero-order chi connectivity index (χ0) is 27.6. The molecule has 0 amide bonds. The quantitative estimate of drug-likeness (QED) is 0.302. The monoisotopic (exact) mass is 553 g/mol. The molecular formula is C34H32ClNO4. The third kappa shape index (κ3) is 4.95. The van der Waals surface area contributed by atoms with Gasteiger partial charge in [-0.05, 0) is 54.5 Å². The van der Waals surface area contributed by atoms with E-state index in [1.165, 1.54) is 0 Å². The van der Waals surface area contributed by atoms with Crippen molar-refractivity contribution in [2.75, 3.05) is 7.11 Å². The summed E-state index contributed by atoms with van der Waals surface area (Å²) in [6, 6.07) is 23.9. The molecule has 204 valence electrons. The first-order valence-corrected chi connectivity index (χ1v) is 14.3. The molecule has 1 aliphatic heterocycles. The smallest absolute Gasteiger partial charge is 0.180 e. The number of hydrogen-bond donors (Lipinski definition) is 0. The molecule has 2 aliphatic carbocycles. The Hall–Kier alpha value is -3.83. The molecule has 3 aliphatic rings. The molecule has 6 heteroatoms. The van der Waals surface area contributed by atoms with Gasteiger partial charge in [0.25, 0.3) is 0 Å². The van der Waals surface area contributed by atoms with Crippen LogP contribution in [-0.2, 0) is 22.7 Å². The average Bonchev–Trinajstić information content (AvgIpc) is 2.98. The second-order valence-corrected chi connectivity index (χ2v) is 11.0. The van der Waals surface area contributed by atoms with E-state index in [1.807, 2.05) is 60.7 Å². The zero-order valence-electron chi connectivity index (χ0n) is 22.6. The first-order chi connectivity index (χ1) is 19.5. The summed E-state index contributed by atoms with van der Waals surface area (Å²) in [6.45, 7) is 0.984. The van der Waals surface area contributed by atoms with Gasteiger partial charge in [0.2, 0.25) is 0 Å². The molecule has 0 bridgehead atoms. The zero-order valence-corrected chi connectivity index (χ0v) is 23.4. The molecule has 40 heavy (non-hydrogen) atoms. The Kier molecular flexibility index (Phi) is 7.48. The molecule has 3 aromatic carbocycles. The van der Waals surface area contributed by atoms with Crippen molar-refractivity contribution in [3.05, 3.63) is 117 Å². The van der Waals surface area contributed by atoms with Crippen molar-refractivity contribution >= 4 is 23.2 Å². The first kappa shape index (κ1) is 26.4. The molecule has 0 unspecified atom stereocenters. The minimum absolute atomic E-state index is 0.105.